The zero-order valence-corrected chi connectivity index (χ0v) is 13.5. The Balaban J connectivity index is 2.18. The molecular formula is C19H29NO. The highest BCUT2D eigenvalue weighted by Gasteiger charge is 2.16. The quantitative estimate of drug-likeness (QED) is 0.742. The molecule has 1 N–H and O–H groups in total. The number of hydrogen-bond donors (Lipinski definition) is 1. The van der Waals surface area contributed by atoms with E-state index in [9.17, 15) is 0 Å². The zero-order chi connectivity index (χ0) is 14.9. The van der Waals surface area contributed by atoms with Crippen LogP contribution in [-0.2, 0) is 0 Å². The maximum absolute atomic E-state index is 5.28. The van der Waals surface area contributed by atoms with Crippen molar-refractivity contribution in [1.29, 1.82) is 0 Å². The summed E-state index contributed by atoms with van der Waals surface area (Å²) in [5, 5.41) is 3.73. The van der Waals surface area contributed by atoms with Crippen LogP contribution in [0.25, 0.3) is 0 Å². The van der Waals surface area contributed by atoms with Gasteiger partial charge in [-0.15, -0.1) is 0 Å². The molecule has 2 heteroatoms. The Bertz CT molecular complexity index is 435. The molecule has 1 atom stereocenters. The number of benzene rings is 1. The molecule has 0 saturated heterocycles. The second-order valence-corrected chi connectivity index (χ2v) is 5.89. The third kappa shape index (κ3) is 4.89. The second kappa shape index (κ2) is 8.89. The van der Waals surface area contributed by atoms with Gasteiger partial charge < -0.3 is 10.1 Å². The summed E-state index contributed by atoms with van der Waals surface area (Å²) in [4.78, 5) is 0. The summed E-state index contributed by atoms with van der Waals surface area (Å²) in [6.45, 7) is 3.29. The first-order valence-electron chi connectivity index (χ1n) is 8.41. The monoisotopic (exact) mass is 287 g/mol. The van der Waals surface area contributed by atoms with Crippen molar-refractivity contribution in [2.24, 2.45) is 0 Å². The molecule has 0 fully saturated rings. The van der Waals surface area contributed by atoms with Crippen molar-refractivity contribution in [2.75, 3.05) is 13.7 Å². The van der Waals surface area contributed by atoms with E-state index in [0.29, 0.717) is 6.04 Å². The van der Waals surface area contributed by atoms with Crippen molar-refractivity contribution in [2.45, 2.75) is 57.9 Å². The van der Waals surface area contributed by atoms with Crippen molar-refractivity contribution in [3.63, 3.8) is 0 Å². The van der Waals surface area contributed by atoms with Crippen molar-refractivity contribution in [1.82, 2.24) is 5.32 Å². The van der Waals surface area contributed by atoms with Crippen LogP contribution in [0.3, 0.4) is 0 Å². The van der Waals surface area contributed by atoms with Gasteiger partial charge in [-0.05, 0) is 56.3 Å². The zero-order valence-electron chi connectivity index (χ0n) is 13.5. The molecule has 0 aromatic heterocycles. The van der Waals surface area contributed by atoms with Gasteiger partial charge in [-0.1, -0.05) is 43.5 Å². The van der Waals surface area contributed by atoms with Crippen molar-refractivity contribution in [3.8, 4) is 5.75 Å². The van der Waals surface area contributed by atoms with Crippen LogP contribution in [0, 0.1) is 0 Å². The van der Waals surface area contributed by atoms with Gasteiger partial charge >= 0.3 is 0 Å². The highest BCUT2D eigenvalue weighted by molar-refractivity contribution is 5.33. The lowest BCUT2D eigenvalue weighted by atomic mass is 9.91. The maximum Gasteiger partial charge on any atom is 0.118 e. The van der Waals surface area contributed by atoms with Crippen LogP contribution in [0.1, 0.15) is 63.5 Å². The molecule has 0 saturated carbocycles. The fourth-order valence-electron chi connectivity index (χ4n) is 3.03. The van der Waals surface area contributed by atoms with Crippen LogP contribution < -0.4 is 10.1 Å². The fourth-order valence-corrected chi connectivity index (χ4v) is 3.03. The summed E-state index contributed by atoms with van der Waals surface area (Å²) in [7, 11) is 1.72. The van der Waals surface area contributed by atoms with E-state index in [1.807, 2.05) is 0 Å². The summed E-state index contributed by atoms with van der Waals surface area (Å²) in [5.41, 5.74) is 2.93. The maximum atomic E-state index is 5.28. The first-order valence-corrected chi connectivity index (χ1v) is 8.41. The van der Waals surface area contributed by atoms with Crippen molar-refractivity contribution in [3.05, 3.63) is 41.5 Å². The first-order chi connectivity index (χ1) is 10.3. The molecule has 116 valence electrons. The Morgan fingerprint density at radius 3 is 2.57 bits per heavy atom. The van der Waals surface area contributed by atoms with Crippen LogP contribution in [0.5, 0.6) is 5.75 Å². The summed E-state index contributed by atoms with van der Waals surface area (Å²) in [6.07, 6.45) is 11.5. The van der Waals surface area contributed by atoms with Gasteiger partial charge in [0.15, 0.2) is 0 Å². The Hall–Kier alpha value is -1.28. The number of hydrogen-bond acceptors (Lipinski definition) is 2. The molecule has 0 radical (unpaired) electrons. The SMILES string of the molecule is CCCNC(/C1=C/CCCCCC1)c1ccc(OC)cc1. The molecule has 1 unspecified atom stereocenters. The number of allylic oxidation sites excluding steroid dienone is 1. The summed E-state index contributed by atoms with van der Waals surface area (Å²) in [6, 6.07) is 8.91. The Kier molecular flexibility index (Phi) is 6.81. The van der Waals surface area contributed by atoms with E-state index in [2.05, 4.69) is 42.6 Å². The first kappa shape index (κ1) is 16.1. The van der Waals surface area contributed by atoms with Gasteiger partial charge in [-0.25, -0.2) is 0 Å². The highest BCUT2D eigenvalue weighted by atomic mass is 16.5. The molecule has 1 aromatic carbocycles. The molecular weight excluding hydrogens is 258 g/mol. The molecule has 21 heavy (non-hydrogen) atoms. The minimum Gasteiger partial charge on any atom is -0.497 e. The molecule has 1 aromatic rings. The molecule has 0 bridgehead atoms. The fraction of sp³-hybridized carbons (Fsp3) is 0.579. The van der Waals surface area contributed by atoms with E-state index in [-0.39, 0.29) is 0 Å². The van der Waals surface area contributed by atoms with E-state index in [4.69, 9.17) is 4.74 Å². The lowest BCUT2D eigenvalue weighted by Gasteiger charge is -2.24. The third-order valence-electron chi connectivity index (χ3n) is 4.24. The molecule has 0 spiro atoms. The van der Waals surface area contributed by atoms with Gasteiger partial charge in [-0.3, -0.25) is 0 Å². The summed E-state index contributed by atoms with van der Waals surface area (Å²) < 4.78 is 5.28. The van der Waals surface area contributed by atoms with Gasteiger partial charge in [0.1, 0.15) is 5.75 Å². The topological polar surface area (TPSA) is 21.3 Å². The van der Waals surface area contributed by atoms with Gasteiger partial charge in [0.05, 0.1) is 13.2 Å². The average Bonchev–Trinajstić information content (AvgIpc) is 2.49. The van der Waals surface area contributed by atoms with Gasteiger partial charge in [0.2, 0.25) is 0 Å². The summed E-state index contributed by atoms with van der Waals surface area (Å²) >= 11 is 0. The van der Waals surface area contributed by atoms with Crippen LogP contribution in [0.4, 0.5) is 0 Å². The molecule has 1 aliphatic carbocycles. The smallest absolute Gasteiger partial charge is 0.118 e. The van der Waals surface area contributed by atoms with Crippen LogP contribution in [0.2, 0.25) is 0 Å². The number of rotatable bonds is 6. The molecule has 0 amide bonds. The number of methoxy groups -OCH3 is 1. The number of ether oxygens (including phenoxy) is 1. The predicted molar refractivity (Wildman–Crippen MR) is 89.8 cm³/mol. The molecule has 2 rings (SSSR count). The van der Waals surface area contributed by atoms with E-state index < -0.39 is 0 Å². The second-order valence-electron chi connectivity index (χ2n) is 5.89. The van der Waals surface area contributed by atoms with Gasteiger partial charge in [0.25, 0.3) is 0 Å². The Labute approximate surface area is 129 Å². The van der Waals surface area contributed by atoms with Crippen molar-refractivity contribution >= 4 is 0 Å². The average molecular weight is 287 g/mol. The third-order valence-corrected chi connectivity index (χ3v) is 4.24. The standard InChI is InChI=1S/C19H29NO/c1-3-15-20-19(16-9-7-5-4-6-8-10-16)17-11-13-18(21-2)14-12-17/h9,11-14,19-20H,3-8,10,15H2,1-2H3/b16-9+. The minimum absolute atomic E-state index is 0.369. The highest BCUT2D eigenvalue weighted by Crippen LogP contribution is 2.29. The molecule has 0 aliphatic heterocycles. The van der Waals surface area contributed by atoms with E-state index in [1.54, 1.807) is 12.7 Å². The normalized spacial score (nSPS) is 20.0. The predicted octanol–water partition coefficient (Wildman–Crippen LogP) is 5.02. The van der Waals surface area contributed by atoms with Gasteiger partial charge in [-0.2, -0.15) is 0 Å². The van der Waals surface area contributed by atoms with E-state index >= 15 is 0 Å². The molecule has 2 nitrogen and oxygen atoms in total. The molecule has 1 aliphatic rings. The lowest BCUT2D eigenvalue weighted by molar-refractivity contribution is 0.414. The molecule has 0 heterocycles. The Morgan fingerprint density at radius 1 is 1.10 bits per heavy atom. The largest absolute Gasteiger partial charge is 0.497 e. The minimum atomic E-state index is 0.369. The summed E-state index contributed by atoms with van der Waals surface area (Å²) in [5.74, 6) is 0.930. The van der Waals surface area contributed by atoms with E-state index in [1.165, 1.54) is 50.5 Å². The van der Waals surface area contributed by atoms with Crippen LogP contribution >= 0.6 is 0 Å². The van der Waals surface area contributed by atoms with Crippen molar-refractivity contribution < 1.29 is 4.74 Å². The van der Waals surface area contributed by atoms with E-state index in [0.717, 1.165) is 12.3 Å². The Morgan fingerprint density at radius 2 is 1.86 bits per heavy atom. The van der Waals surface area contributed by atoms with Crippen LogP contribution in [-0.4, -0.2) is 13.7 Å². The van der Waals surface area contributed by atoms with Crippen LogP contribution in [0.15, 0.2) is 35.9 Å². The lowest BCUT2D eigenvalue weighted by Crippen LogP contribution is -2.24. The number of nitrogens with one attached hydrogen (secondary N) is 1. The van der Waals surface area contributed by atoms with Gasteiger partial charge in [0, 0.05) is 0 Å².